The highest BCUT2D eigenvalue weighted by atomic mass is 32.1. The Bertz CT molecular complexity index is 588. The third kappa shape index (κ3) is 2.92. The lowest BCUT2D eigenvalue weighted by atomic mass is 10.1. The van der Waals surface area contributed by atoms with Crippen LogP contribution in [0.15, 0.2) is 34.4 Å². The normalized spacial score (nSPS) is 11.5. The van der Waals surface area contributed by atoms with E-state index in [1.165, 1.54) is 18.2 Å². The van der Waals surface area contributed by atoms with Gasteiger partial charge in [-0.2, -0.15) is 13.2 Å². The number of aromatic amines is 1. The van der Waals surface area contributed by atoms with Crippen LogP contribution in [-0.2, 0) is 12.7 Å². The fourth-order valence-electron chi connectivity index (χ4n) is 1.48. The predicted octanol–water partition coefficient (Wildman–Crippen LogP) is 3.07. The number of halogens is 3. The Morgan fingerprint density at radius 1 is 1.28 bits per heavy atom. The lowest BCUT2D eigenvalue weighted by Gasteiger charge is -2.13. The molecule has 1 aromatic carbocycles. The number of rotatable bonds is 3. The molecule has 2 aromatic rings. The van der Waals surface area contributed by atoms with E-state index in [9.17, 15) is 18.0 Å². The van der Waals surface area contributed by atoms with Crippen molar-refractivity contribution >= 4 is 17.0 Å². The molecule has 1 heterocycles. The Morgan fingerprint density at radius 3 is 2.61 bits per heavy atom. The van der Waals surface area contributed by atoms with Crippen LogP contribution in [-0.4, -0.2) is 4.98 Å². The number of para-hydroxylation sites is 1. The molecule has 0 saturated carbocycles. The molecule has 2 rings (SSSR count). The molecule has 0 unspecified atom stereocenters. The number of nitrogens with one attached hydrogen (secondary N) is 2. The molecule has 2 N–H and O–H groups in total. The number of hydrogen-bond donors (Lipinski definition) is 2. The number of thiazole rings is 1. The van der Waals surface area contributed by atoms with Crippen molar-refractivity contribution in [1.82, 2.24) is 4.98 Å². The first-order valence-electron chi connectivity index (χ1n) is 5.03. The van der Waals surface area contributed by atoms with Crippen molar-refractivity contribution in [3.8, 4) is 0 Å². The molecule has 0 aliphatic rings. The van der Waals surface area contributed by atoms with Gasteiger partial charge in [0.05, 0.1) is 12.1 Å². The van der Waals surface area contributed by atoms with Crippen molar-refractivity contribution in [2.24, 2.45) is 0 Å². The molecule has 0 spiro atoms. The van der Waals surface area contributed by atoms with Crippen LogP contribution in [0.1, 0.15) is 11.3 Å². The van der Waals surface area contributed by atoms with E-state index in [-0.39, 0.29) is 17.1 Å². The highest BCUT2D eigenvalue weighted by Crippen LogP contribution is 2.34. The molecule has 18 heavy (non-hydrogen) atoms. The minimum absolute atomic E-state index is 0.00273. The monoisotopic (exact) mass is 274 g/mol. The van der Waals surface area contributed by atoms with Crippen LogP contribution >= 0.6 is 11.3 Å². The van der Waals surface area contributed by atoms with Gasteiger partial charge in [-0.05, 0) is 12.1 Å². The second-order valence-electron chi connectivity index (χ2n) is 3.57. The first-order chi connectivity index (χ1) is 8.47. The predicted molar refractivity (Wildman–Crippen MR) is 63.7 cm³/mol. The van der Waals surface area contributed by atoms with Crippen LogP contribution < -0.4 is 10.2 Å². The first kappa shape index (κ1) is 12.7. The Hall–Kier alpha value is -1.76. The minimum atomic E-state index is -4.40. The van der Waals surface area contributed by atoms with Crippen LogP contribution in [0.25, 0.3) is 0 Å². The van der Waals surface area contributed by atoms with Crippen molar-refractivity contribution in [3.63, 3.8) is 0 Å². The lowest BCUT2D eigenvalue weighted by Crippen LogP contribution is -2.11. The number of aromatic nitrogens is 1. The van der Waals surface area contributed by atoms with Gasteiger partial charge in [0, 0.05) is 16.8 Å². The summed E-state index contributed by atoms with van der Waals surface area (Å²) in [6.07, 6.45) is -4.40. The van der Waals surface area contributed by atoms with Crippen LogP contribution in [0.2, 0.25) is 0 Å². The fourth-order valence-corrected chi connectivity index (χ4v) is 2.06. The second kappa shape index (κ2) is 4.85. The van der Waals surface area contributed by atoms with E-state index in [2.05, 4.69) is 10.3 Å². The summed E-state index contributed by atoms with van der Waals surface area (Å²) in [5, 5.41) is 4.24. The highest BCUT2D eigenvalue weighted by molar-refractivity contribution is 7.07. The Balaban J connectivity index is 2.17. The molecular formula is C11H9F3N2OS. The van der Waals surface area contributed by atoms with E-state index >= 15 is 0 Å². The topological polar surface area (TPSA) is 44.9 Å². The Morgan fingerprint density at radius 2 is 2.00 bits per heavy atom. The molecule has 0 amide bonds. The number of alkyl halides is 3. The van der Waals surface area contributed by atoms with Gasteiger partial charge in [0.1, 0.15) is 0 Å². The number of H-pyrrole nitrogens is 1. The average molecular weight is 274 g/mol. The highest BCUT2D eigenvalue weighted by Gasteiger charge is 2.32. The van der Waals surface area contributed by atoms with E-state index in [4.69, 9.17) is 0 Å². The smallest absolute Gasteiger partial charge is 0.379 e. The third-order valence-corrected chi connectivity index (χ3v) is 2.99. The molecule has 1 aromatic heterocycles. The molecule has 0 aliphatic heterocycles. The zero-order chi connectivity index (χ0) is 13.2. The molecule has 0 aliphatic carbocycles. The summed E-state index contributed by atoms with van der Waals surface area (Å²) >= 11 is 0.976. The maximum Gasteiger partial charge on any atom is 0.418 e. The summed E-state index contributed by atoms with van der Waals surface area (Å²) in [5.74, 6) is 0. The van der Waals surface area contributed by atoms with Gasteiger partial charge in [-0.25, -0.2) is 0 Å². The van der Waals surface area contributed by atoms with Crippen molar-refractivity contribution in [2.45, 2.75) is 12.7 Å². The van der Waals surface area contributed by atoms with Crippen LogP contribution in [0.5, 0.6) is 0 Å². The first-order valence-corrected chi connectivity index (χ1v) is 5.91. The van der Waals surface area contributed by atoms with Gasteiger partial charge >= 0.3 is 11.0 Å². The number of hydrogen-bond acceptors (Lipinski definition) is 3. The molecular weight excluding hydrogens is 265 g/mol. The molecule has 3 nitrogen and oxygen atoms in total. The molecule has 0 bridgehead atoms. The summed E-state index contributed by atoms with van der Waals surface area (Å²) in [6, 6.07) is 5.22. The number of anilines is 1. The average Bonchev–Trinajstić information content (AvgIpc) is 2.72. The Kier molecular flexibility index (Phi) is 3.42. The van der Waals surface area contributed by atoms with E-state index in [0.717, 1.165) is 17.4 Å². The molecule has 0 radical (unpaired) electrons. The maximum atomic E-state index is 12.7. The van der Waals surface area contributed by atoms with E-state index in [1.54, 1.807) is 5.38 Å². The van der Waals surface area contributed by atoms with Crippen molar-refractivity contribution in [1.29, 1.82) is 0 Å². The van der Waals surface area contributed by atoms with Crippen molar-refractivity contribution < 1.29 is 13.2 Å². The van der Waals surface area contributed by atoms with Gasteiger partial charge in [0.25, 0.3) is 0 Å². The summed E-state index contributed by atoms with van der Waals surface area (Å²) in [6.45, 7) is 0.145. The zero-order valence-corrected chi connectivity index (χ0v) is 9.86. The third-order valence-electron chi connectivity index (χ3n) is 2.27. The van der Waals surface area contributed by atoms with Gasteiger partial charge in [0.15, 0.2) is 0 Å². The molecule has 96 valence electrons. The Labute approximate surface area is 104 Å². The zero-order valence-electron chi connectivity index (χ0n) is 9.04. The summed E-state index contributed by atoms with van der Waals surface area (Å²) in [4.78, 5) is 13.2. The van der Waals surface area contributed by atoms with E-state index < -0.39 is 11.7 Å². The fraction of sp³-hybridized carbons (Fsp3) is 0.182. The second-order valence-corrected chi connectivity index (χ2v) is 4.41. The van der Waals surface area contributed by atoms with Crippen LogP contribution in [0, 0.1) is 0 Å². The minimum Gasteiger partial charge on any atom is -0.379 e. The summed E-state index contributed by atoms with van der Waals surface area (Å²) in [7, 11) is 0. The molecule has 0 fully saturated rings. The quantitative estimate of drug-likeness (QED) is 0.903. The maximum absolute atomic E-state index is 12.7. The van der Waals surface area contributed by atoms with Gasteiger partial charge in [-0.1, -0.05) is 23.5 Å². The van der Waals surface area contributed by atoms with Crippen molar-refractivity contribution in [2.75, 3.05) is 5.32 Å². The van der Waals surface area contributed by atoms with Crippen LogP contribution in [0.3, 0.4) is 0 Å². The van der Waals surface area contributed by atoms with Gasteiger partial charge in [-0.3, -0.25) is 4.79 Å². The molecule has 0 atom stereocenters. The standard InChI is InChI=1S/C11H9F3N2OS/c12-11(13,14)8-3-1-2-4-9(8)15-5-7-6-18-10(17)16-7/h1-4,6,15H,5H2,(H,16,17). The largest absolute Gasteiger partial charge is 0.418 e. The van der Waals surface area contributed by atoms with Crippen LogP contribution in [0.4, 0.5) is 18.9 Å². The van der Waals surface area contributed by atoms with Gasteiger partial charge in [0.2, 0.25) is 0 Å². The van der Waals surface area contributed by atoms with Gasteiger partial charge < -0.3 is 10.3 Å². The molecule has 7 heteroatoms. The van der Waals surface area contributed by atoms with Crippen molar-refractivity contribution in [3.05, 3.63) is 50.6 Å². The van der Waals surface area contributed by atoms with E-state index in [0.29, 0.717) is 5.69 Å². The van der Waals surface area contributed by atoms with E-state index in [1.807, 2.05) is 0 Å². The summed E-state index contributed by atoms with van der Waals surface area (Å²) < 4.78 is 38.0. The van der Waals surface area contributed by atoms with Gasteiger partial charge in [-0.15, -0.1) is 0 Å². The lowest BCUT2D eigenvalue weighted by molar-refractivity contribution is -0.136. The number of benzene rings is 1. The molecule has 0 saturated heterocycles. The SMILES string of the molecule is O=c1[nH]c(CNc2ccccc2C(F)(F)F)cs1. The summed E-state index contributed by atoms with van der Waals surface area (Å²) in [5.41, 5.74) is -0.165.